The molecule has 1 aliphatic carbocycles. The SMILES string of the molecule is O=C(NC1CCCCC1)c1cnn2c(-c3cccc(Cl)c3)ccnc12. The van der Waals surface area contributed by atoms with Gasteiger partial charge in [-0.15, -0.1) is 0 Å². The summed E-state index contributed by atoms with van der Waals surface area (Å²) in [7, 11) is 0. The van der Waals surface area contributed by atoms with E-state index < -0.39 is 0 Å². The van der Waals surface area contributed by atoms with Crippen LogP contribution in [0.4, 0.5) is 0 Å². The Morgan fingerprint density at radius 2 is 2.04 bits per heavy atom. The largest absolute Gasteiger partial charge is 0.349 e. The van der Waals surface area contributed by atoms with Crippen LogP contribution in [0.25, 0.3) is 16.9 Å². The van der Waals surface area contributed by atoms with Gasteiger partial charge < -0.3 is 5.32 Å². The van der Waals surface area contributed by atoms with Gasteiger partial charge in [0.15, 0.2) is 5.65 Å². The fourth-order valence-corrected chi connectivity index (χ4v) is 3.62. The number of nitrogens with one attached hydrogen (secondary N) is 1. The van der Waals surface area contributed by atoms with Crippen molar-refractivity contribution in [1.82, 2.24) is 19.9 Å². The van der Waals surface area contributed by atoms with Crippen molar-refractivity contribution in [2.24, 2.45) is 0 Å². The van der Waals surface area contributed by atoms with E-state index in [0.29, 0.717) is 16.2 Å². The second-order valence-corrected chi connectivity index (χ2v) is 6.88. The van der Waals surface area contributed by atoms with E-state index in [1.54, 1.807) is 16.9 Å². The van der Waals surface area contributed by atoms with Gasteiger partial charge in [0.1, 0.15) is 5.56 Å². The third-order valence-electron chi connectivity index (χ3n) is 4.71. The zero-order chi connectivity index (χ0) is 17.2. The molecule has 1 amide bonds. The van der Waals surface area contributed by atoms with Crippen LogP contribution in [0, 0.1) is 0 Å². The van der Waals surface area contributed by atoms with Crippen LogP contribution in [-0.2, 0) is 0 Å². The molecule has 2 heterocycles. The lowest BCUT2D eigenvalue weighted by Crippen LogP contribution is -2.36. The number of fused-ring (bicyclic) bond motifs is 1. The minimum absolute atomic E-state index is 0.0994. The Morgan fingerprint density at radius 1 is 1.20 bits per heavy atom. The Bertz CT molecular complexity index is 915. The molecule has 1 saturated carbocycles. The number of hydrogen-bond acceptors (Lipinski definition) is 3. The zero-order valence-corrected chi connectivity index (χ0v) is 14.5. The first kappa shape index (κ1) is 16.1. The molecule has 4 rings (SSSR count). The number of halogens is 1. The van der Waals surface area contributed by atoms with Gasteiger partial charge in [-0.05, 0) is 31.0 Å². The fourth-order valence-electron chi connectivity index (χ4n) is 3.43. The number of nitrogens with zero attached hydrogens (tertiary/aromatic N) is 3. The molecule has 1 aliphatic rings. The molecule has 0 unspecified atom stereocenters. The number of hydrogen-bond donors (Lipinski definition) is 1. The number of amides is 1. The second kappa shape index (κ2) is 6.84. The highest BCUT2D eigenvalue weighted by atomic mass is 35.5. The van der Waals surface area contributed by atoms with Crippen molar-refractivity contribution < 1.29 is 4.79 Å². The minimum Gasteiger partial charge on any atom is -0.349 e. The third kappa shape index (κ3) is 3.24. The van der Waals surface area contributed by atoms with E-state index in [1.807, 2.05) is 30.3 Å². The average molecular weight is 355 g/mol. The quantitative estimate of drug-likeness (QED) is 0.769. The van der Waals surface area contributed by atoms with E-state index in [4.69, 9.17) is 11.6 Å². The Kier molecular flexibility index (Phi) is 4.40. The number of carbonyl (C=O) groups excluding carboxylic acids is 1. The van der Waals surface area contributed by atoms with Crippen molar-refractivity contribution in [2.75, 3.05) is 0 Å². The summed E-state index contributed by atoms with van der Waals surface area (Å²) in [5.41, 5.74) is 2.85. The number of rotatable bonds is 3. The minimum atomic E-state index is -0.0994. The third-order valence-corrected chi connectivity index (χ3v) is 4.94. The summed E-state index contributed by atoms with van der Waals surface area (Å²) in [5.74, 6) is -0.0994. The summed E-state index contributed by atoms with van der Waals surface area (Å²) in [6.07, 6.45) is 9.00. The predicted molar refractivity (Wildman–Crippen MR) is 97.8 cm³/mol. The molecule has 1 fully saturated rings. The predicted octanol–water partition coefficient (Wildman–Crippen LogP) is 4.11. The molecule has 0 saturated heterocycles. The Hall–Kier alpha value is -2.40. The van der Waals surface area contributed by atoms with Crippen molar-refractivity contribution in [2.45, 2.75) is 38.1 Å². The molecule has 0 spiro atoms. The van der Waals surface area contributed by atoms with Gasteiger partial charge >= 0.3 is 0 Å². The van der Waals surface area contributed by atoms with E-state index in [2.05, 4.69) is 15.4 Å². The van der Waals surface area contributed by atoms with Crippen molar-refractivity contribution >= 4 is 23.2 Å². The first-order chi connectivity index (χ1) is 12.2. The van der Waals surface area contributed by atoms with Gasteiger partial charge in [-0.3, -0.25) is 4.79 Å². The molecule has 1 aromatic carbocycles. The van der Waals surface area contributed by atoms with Crippen molar-refractivity contribution in [3.63, 3.8) is 0 Å². The maximum absolute atomic E-state index is 12.7. The summed E-state index contributed by atoms with van der Waals surface area (Å²) < 4.78 is 1.70. The topological polar surface area (TPSA) is 59.3 Å². The molecule has 6 heteroatoms. The molecule has 0 radical (unpaired) electrons. The highest BCUT2D eigenvalue weighted by Gasteiger charge is 2.20. The first-order valence-corrected chi connectivity index (χ1v) is 9.00. The average Bonchev–Trinajstić information content (AvgIpc) is 3.07. The fraction of sp³-hybridized carbons (Fsp3) is 0.316. The Morgan fingerprint density at radius 3 is 2.84 bits per heavy atom. The molecular weight excluding hydrogens is 336 g/mol. The number of carbonyl (C=O) groups is 1. The van der Waals surface area contributed by atoms with Crippen LogP contribution >= 0.6 is 11.6 Å². The lowest BCUT2D eigenvalue weighted by atomic mass is 9.95. The highest BCUT2D eigenvalue weighted by Crippen LogP contribution is 2.24. The van der Waals surface area contributed by atoms with Crippen molar-refractivity contribution in [3.05, 3.63) is 53.3 Å². The van der Waals surface area contributed by atoms with Crippen LogP contribution in [0.2, 0.25) is 5.02 Å². The molecule has 0 atom stereocenters. The van der Waals surface area contributed by atoms with Gasteiger partial charge in [0.2, 0.25) is 0 Å². The summed E-state index contributed by atoms with van der Waals surface area (Å²) in [4.78, 5) is 17.0. The second-order valence-electron chi connectivity index (χ2n) is 6.44. The number of benzene rings is 1. The molecule has 1 N–H and O–H groups in total. The maximum atomic E-state index is 12.7. The normalized spacial score (nSPS) is 15.4. The lowest BCUT2D eigenvalue weighted by molar-refractivity contribution is 0.0929. The molecule has 3 aromatic rings. The van der Waals surface area contributed by atoms with E-state index in [9.17, 15) is 4.79 Å². The molecule has 5 nitrogen and oxygen atoms in total. The van der Waals surface area contributed by atoms with Crippen LogP contribution in [0.1, 0.15) is 42.5 Å². The van der Waals surface area contributed by atoms with E-state index >= 15 is 0 Å². The van der Waals surface area contributed by atoms with E-state index in [1.165, 1.54) is 19.3 Å². The molecule has 128 valence electrons. The van der Waals surface area contributed by atoms with E-state index in [-0.39, 0.29) is 11.9 Å². The van der Waals surface area contributed by atoms with Gasteiger partial charge in [-0.25, -0.2) is 9.50 Å². The lowest BCUT2D eigenvalue weighted by Gasteiger charge is -2.22. The van der Waals surface area contributed by atoms with Gasteiger partial charge in [-0.2, -0.15) is 5.10 Å². The highest BCUT2D eigenvalue weighted by molar-refractivity contribution is 6.30. The molecule has 0 aliphatic heterocycles. The van der Waals surface area contributed by atoms with Crippen molar-refractivity contribution in [1.29, 1.82) is 0 Å². The van der Waals surface area contributed by atoms with Gasteiger partial charge in [0.25, 0.3) is 5.91 Å². The molecular formula is C19H19ClN4O. The molecule has 0 bridgehead atoms. The van der Waals surface area contributed by atoms with Crippen LogP contribution in [0.15, 0.2) is 42.7 Å². The van der Waals surface area contributed by atoms with Gasteiger partial charge in [-0.1, -0.05) is 43.0 Å². The number of aromatic nitrogens is 3. The first-order valence-electron chi connectivity index (χ1n) is 8.62. The summed E-state index contributed by atoms with van der Waals surface area (Å²) >= 11 is 6.10. The van der Waals surface area contributed by atoms with Crippen molar-refractivity contribution in [3.8, 4) is 11.3 Å². The summed E-state index contributed by atoms with van der Waals surface area (Å²) in [6.45, 7) is 0. The monoisotopic (exact) mass is 354 g/mol. The summed E-state index contributed by atoms with van der Waals surface area (Å²) in [5, 5.41) is 8.17. The molecule has 25 heavy (non-hydrogen) atoms. The smallest absolute Gasteiger partial charge is 0.256 e. The zero-order valence-electron chi connectivity index (χ0n) is 13.8. The van der Waals surface area contributed by atoms with Crippen LogP contribution < -0.4 is 5.32 Å². The van der Waals surface area contributed by atoms with Gasteiger partial charge in [0, 0.05) is 22.8 Å². The Balaban J connectivity index is 1.68. The maximum Gasteiger partial charge on any atom is 0.256 e. The van der Waals surface area contributed by atoms with Gasteiger partial charge in [0.05, 0.1) is 11.9 Å². The summed E-state index contributed by atoms with van der Waals surface area (Å²) in [6, 6.07) is 9.69. The Labute approximate surface area is 151 Å². The molecule has 2 aromatic heterocycles. The van der Waals surface area contributed by atoms with Crippen LogP contribution in [0.5, 0.6) is 0 Å². The van der Waals surface area contributed by atoms with Crippen LogP contribution in [0.3, 0.4) is 0 Å². The van der Waals surface area contributed by atoms with E-state index in [0.717, 1.165) is 24.1 Å². The van der Waals surface area contributed by atoms with Crippen LogP contribution in [-0.4, -0.2) is 26.5 Å². The standard InChI is InChI=1S/C19H19ClN4O/c20-14-6-4-5-13(11-14)17-9-10-21-18-16(12-22-24(17)18)19(25)23-15-7-2-1-3-8-15/h4-6,9-12,15H,1-3,7-8H2,(H,23,25).